The molecule has 2 atom stereocenters. The molecular formula is C18H22N2O2. The molecule has 0 spiro atoms. The summed E-state index contributed by atoms with van der Waals surface area (Å²) in [5, 5.41) is 12.0. The number of aliphatic hydroxyl groups is 1. The fourth-order valence-corrected chi connectivity index (χ4v) is 3.31. The number of amides is 1. The molecule has 1 N–H and O–H groups in total. The van der Waals surface area contributed by atoms with Crippen molar-refractivity contribution in [3.8, 4) is 0 Å². The molecule has 1 aromatic carbocycles. The quantitative estimate of drug-likeness (QED) is 0.948. The number of hydrogen-bond acceptors (Lipinski definition) is 3. The van der Waals surface area contributed by atoms with E-state index in [9.17, 15) is 9.90 Å². The number of hydrogen-bond donors (Lipinski definition) is 1. The summed E-state index contributed by atoms with van der Waals surface area (Å²) in [7, 11) is 1.80. The molecule has 0 bridgehead atoms. The molecule has 3 rings (SSSR count). The molecule has 22 heavy (non-hydrogen) atoms. The molecule has 2 aromatic rings. The van der Waals surface area contributed by atoms with Crippen molar-refractivity contribution in [1.29, 1.82) is 0 Å². The summed E-state index contributed by atoms with van der Waals surface area (Å²) in [6.45, 7) is 0.588. The smallest absolute Gasteiger partial charge is 0.272 e. The van der Waals surface area contributed by atoms with E-state index in [-0.39, 0.29) is 17.9 Å². The van der Waals surface area contributed by atoms with Gasteiger partial charge in [-0.15, -0.1) is 0 Å². The van der Waals surface area contributed by atoms with E-state index in [2.05, 4.69) is 4.98 Å². The van der Waals surface area contributed by atoms with Gasteiger partial charge in [-0.3, -0.25) is 9.78 Å². The fourth-order valence-electron chi connectivity index (χ4n) is 3.31. The van der Waals surface area contributed by atoms with Crippen LogP contribution in [0.25, 0.3) is 10.8 Å². The van der Waals surface area contributed by atoms with Gasteiger partial charge in [0.05, 0.1) is 6.10 Å². The average molecular weight is 298 g/mol. The second-order valence-electron chi connectivity index (χ2n) is 6.18. The van der Waals surface area contributed by atoms with E-state index < -0.39 is 0 Å². The Balaban J connectivity index is 1.80. The minimum Gasteiger partial charge on any atom is -0.393 e. The summed E-state index contributed by atoms with van der Waals surface area (Å²) in [6.07, 6.45) is 5.44. The number of rotatable bonds is 3. The van der Waals surface area contributed by atoms with Gasteiger partial charge in [0.15, 0.2) is 0 Å². The Morgan fingerprint density at radius 2 is 2.05 bits per heavy atom. The van der Waals surface area contributed by atoms with Gasteiger partial charge < -0.3 is 10.0 Å². The zero-order chi connectivity index (χ0) is 15.5. The van der Waals surface area contributed by atoms with Crippen molar-refractivity contribution < 1.29 is 9.90 Å². The third-order valence-corrected chi connectivity index (χ3v) is 4.60. The number of fused-ring (bicyclic) bond motifs is 1. The Hall–Kier alpha value is -1.94. The summed E-state index contributed by atoms with van der Waals surface area (Å²) >= 11 is 0. The number of benzene rings is 1. The standard InChI is InChI=1S/C18H22N2O2/c1-20(12-14-7-3-5-9-16(14)21)18(22)17-15-8-4-2-6-13(15)10-11-19-17/h2,4,6,8,10-11,14,16,21H,3,5,7,9,12H2,1H3. The van der Waals surface area contributed by atoms with Gasteiger partial charge >= 0.3 is 0 Å². The van der Waals surface area contributed by atoms with Gasteiger partial charge in [0.2, 0.25) is 0 Å². The van der Waals surface area contributed by atoms with Crippen molar-refractivity contribution in [2.45, 2.75) is 31.8 Å². The third kappa shape index (κ3) is 2.97. The van der Waals surface area contributed by atoms with Crippen LogP contribution in [0, 0.1) is 5.92 Å². The van der Waals surface area contributed by atoms with Crippen molar-refractivity contribution in [3.63, 3.8) is 0 Å². The fraction of sp³-hybridized carbons (Fsp3) is 0.444. The van der Waals surface area contributed by atoms with Crippen molar-refractivity contribution >= 4 is 16.7 Å². The van der Waals surface area contributed by atoms with Crippen molar-refractivity contribution in [2.24, 2.45) is 5.92 Å². The van der Waals surface area contributed by atoms with Gasteiger partial charge in [-0.1, -0.05) is 37.1 Å². The second-order valence-corrected chi connectivity index (χ2v) is 6.18. The van der Waals surface area contributed by atoms with Crippen LogP contribution in [0.5, 0.6) is 0 Å². The van der Waals surface area contributed by atoms with Crippen molar-refractivity contribution in [1.82, 2.24) is 9.88 Å². The van der Waals surface area contributed by atoms with Crippen LogP contribution in [0.1, 0.15) is 36.2 Å². The molecular weight excluding hydrogens is 276 g/mol. The van der Waals surface area contributed by atoms with E-state index in [1.807, 2.05) is 30.3 Å². The molecule has 0 radical (unpaired) electrons. The maximum Gasteiger partial charge on any atom is 0.272 e. The molecule has 1 heterocycles. The van der Waals surface area contributed by atoms with Gasteiger partial charge in [-0.05, 0) is 24.3 Å². The van der Waals surface area contributed by atoms with Crippen molar-refractivity contribution in [2.75, 3.05) is 13.6 Å². The molecule has 4 nitrogen and oxygen atoms in total. The number of carbonyl (C=O) groups is 1. The summed E-state index contributed by atoms with van der Waals surface area (Å²) in [6, 6.07) is 9.71. The third-order valence-electron chi connectivity index (χ3n) is 4.60. The van der Waals surface area contributed by atoms with Crippen LogP contribution in [0.4, 0.5) is 0 Å². The van der Waals surface area contributed by atoms with Gasteiger partial charge in [0.25, 0.3) is 5.91 Å². The number of carbonyl (C=O) groups excluding carboxylic acids is 1. The van der Waals surface area contributed by atoms with E-state index in [0.717, 1.165) is 36.5 Å². The molecule has 4 heteroatoms. The normalized spacial score (nSPS) is 21.7. The molecule has 1 aliphatic carbocycles. The first-order chi connectivity index (χ1) is 10.7. The van der Waals surface area contributed by atoms with E-state index in [4.69, 9.17) is 0 Å². The maximum absolute atomic E-state index is 12.7. The van der Waals surface area contributed by atoms with Gasteiger partial charge in [0.1, 0.15) is 5.69 Å². The van der Waals surface area contributed by atoms with E-state index in [1.165, 1.54) is 0 Å². The number of pyridine rings is 1. The van der Waals surface area contributed by atoms with Crippen LogP contribution in [0.3, 0.4) is 0 Å². The molecule has 1 saturated carbocycles. The first kappa shape index (κ1) is 15.0. The zero-order valence-electron chi connectivity index (χ0n) is 12.9. The number of aliphatic hydroxyl groups excluding tert-OH is 1. The predicted molar refractivity (Wildman–Crippen MR) is 86.7 cm³/mol. The Labute approximate surface area is 130 Å². The van der Waals surface area contributed by atoms with E-state index >= 15 is 0 Å². The highest BCUT2D eigenvalue weighted by atomic mass is 16.3. The lowest BCUT2D eigenvalue weighted by molar-refractivity contribution is 0.0449. The topological polar surface area (TPSA) is 53.4 Å². The highest BCUT2D eigenvalue weighted by Gasteiger charge is 2.26. The minimum absolute atomic E-state index is 0.0745. The summed E-state index contributed by atoms with van der Waals surface area (Å²) in [4.78, 5) is 18.7. The van der Waals surface area contributed by atoms with E-state index in [0.29, 0.717) is 12.2 Å². The molecule has 0 aliphatic heterocycles. The molecule has 2 unspecified atom stereocenters. The first-order valence-electron chi connectivity index (χ1n) is 7.94. The van der Waals surface area contributed by atoms with Gasteiger partial charge in [0, 0.05) is 31.1 Å². The Morgan fingerprint density at radius 1 is 1.27 bits per heavy atom. The Kier molecular flexibility index (Phi) is 4.39. The molecule has 116 valence electrons. The highest BCUT2D eigenvalue weighted by molar-refractivity contribution is 6.05. The zero-order valence-corrected chi connectivity index (χ0v) is 12.9. The summed E-state index contributed by atoms with van der Waals surface area (Å²) in [5.74, 6) is 0.104. The Morgan fingerprint density at radius 3 is 2.86 bits per heavy atom. The second kappa shape index (κ2) is 6.44. The van der Waals surface area contributed by atoms with Crippen LogP contribution in [-0.4, -0.2) is 40.6 Å². The molecule has 1 aromatic heterocycles. The van der Waals surface area contributed by atoms with Crippen LogP contribution in [0.2, 0.25) is 0 Å². The lowest BCUT2D eigenvalue weighted by Gasteiger charge is -2.31. The molecule has 1 fully saturated rings. The number of nitrogens with zero attached hydrogens (tertiary/aromatic N) is 2. The Bertz CT molecular complexity index is 666. The maximum atomic E-state index is 12.7. The SMILES string of the molecule is CN(CC1CCCCC1O)C(=O)c1nccc2ccccc12. The van der Waals surface area contributed by atoms with Crippen LogP contribution >= 0.6 is 0 Å². The van der Waals surface area contributed by atoms with Crippen LogP contribution in [-0.2, 0) is 0 Å². The van der Waals surface area contributed by atoms with Crippen LogP contribution < -0.4 is 0 Å². The number of aromatic nitrogens is 1. The minimum atomic E-state index is -0.288. The van der Waals surface area contributed by atoms with Gasteiger partial charge in [-0.2, -0.15) is 0 Å². The van der Waals surface area contributed by atoms with Crippen molar-refractivity contribution in [3.05, 3.63) is 42.2 Å². The largest absolute Gasteiger partial charge is 0.393 e. The monoisotopic (exact) mass is 298 g/mol. The molecule has 1 amide bonds. The summed E-state index contributed by atoms with van der Waals surface area (Å²) in [5.41, 5.74) is 0.492. The summed E-state index contributed by atoms with van der Waals surface area (Å²) < 4.78 is 0. The lowest BCUT2D eigenvalue weighted by atomic mass is 9.86. The first-order valence-corrected chi connectivity index (χ1v) is 7.94. The average Bonchev–Trinajstić information content (AvgIpc) is 2.55. The van der Waals surface area contributed by atoms with E-state index in [1.54, 1.807) is 18.1 Å². The molecule has 1 aliphatic rings. The predicted octanol–water partition coefficient (Wildman–Crippen LogP) is 2.86. The molecule has 0 saturated heterocycles. The van der Waals surface area contributed by atoms with Gasteiger partial charge in [-0.25, -0.2) is 0 Å². The lowest BCUT2D eigenvalue weighted by Crippen LogP contribution is -2.38. The highest BCUT2D eigenvalue weighted by Crippen LogP contribution is 2.25. The van der Waals surface area contributed by atoms with Crippen LogP contribution in [0.15, 0.2) is 36.5 Å².